The molecule has 0 aliphatic rings. The Hall–Kier alpha value is -3.41. The van der Waals surface area contributed by atoms with Gasteiger partial charge in [-0.25, -0.2) is 14.8 Å². The summed E-state index contributed by atoms with van der Waals surface area (Å²) in [7, 11) is 0. The molecule has 0 aliphatic carbocycles. The Balaban J connectivity index is 1.96. The second kappa shape index (κ2) is 6.72. The maximum Gasteiger partial charge on any atom is 0.326 e. The van der Waals surface area contributed by atoms with Crippen LogP contribution in [0.3, 0.4) is 0 Å². The number of rotatable bonds is 5. The lowest BCUT2D eigenvalue weighted by atomic mass is 10.0. The van der Waals surface area contributed by atoms with Gasteiger partial charge in [0.2, 0.25) is 0 Å². The van der Waals surface area contributed by atoms with Gasteiger partial charge in [0.05, 0.1) is 0 Å². The molecule has 6 nitrogen and oxygen atoms in total. The van der Waals surface area contributed by atoms with Crippen LogP contribution in [0.2, 0.25) is 0 Å². The van der Waals surface area contributed by atoms with Crippen molar-refractivity contribution in [1.29, 1.82) is 0 Å². The molecule has 0 bridgehead atoms. The molecule has 136 valence electrons. The highest BCUT2D eigenvalue weighted by Crippen LogP contribution is 2.33. The summed E-state index contributed by atoms with van der Waals surface area (Å²) < 4.78 is 5.95. The zero-order chi connectivity index (χ0) is 19.0. The number of nitrogens with zero attached hydrogens (tertiary/aromatic N) is 2. The SMILES string of the molecule is CC(C)C(Nc1nc(-c2ccccc2)nc2c1oc1ccccc12)C(=O)O. The first-order valence-electron chi connectivity index (χ1n) is 8.78. The smallest absolute Gasteiger partial charge is 0.326 e. The summed E-state index contributed by atoms with van der Waals surface area (Å²) in [5.41, 5.74) is 2.66. The number of carboxylic acids is 1. The van der Waals surface area contributed by atoms with Gasteiger partial charge < -0.3 is 14.8 Å². The minimum absolute atomic E-state index is 0.128. The highest BCUT2D eigenvalue weighted by Gasteiger charge is 2.25. The fourth-order valence-corrected chi connectivity index (χ4v) is 3.07. The predicted molar refractivity (Wildman–Crippen MR) is 105 cm³/mol. The van der Waals surface area contributed by atoms with E-state index in [9.17, 15) is 9.90 Å². The monoisotopic (exact) mass is 361 g/mol. The van der Waals surface area contributed by atoms with Gasteiger partial charge in [-0.15, -0.1) is 0 Å². The van der Waals surface area contributed by atoms with Crippen molar-refractivity contribution in [1.82, 2.24) is 9.97 Å². The molecular formula is C21H19N3O3. The van der Waals surface area contributed by atoms with Gasteiger partial charge in [0.1, 0.15) is 17.1 Å². The van der Waals surface area contributed by atoms with Crippen molar-refractivity contribution >= 4 is 33.9 Å². The van der Waals surface area contributed by atoms with E-state index in [1.165, 1.54) is 0 Å². The summed E-state index contributed by atoms with van der Waals surface area (Å²) in [5.74, 6) is -0.160. The van der Waals surface area contributed by atoms with Crippen LogP contribution in [0.15, 0.2) is 59.0 Å². The summed E-state index contributed by atoms with van der Waals surface area (Å²) in [6.07, 6.45) is 0. The number of furan rings is 1. The molecule has 0 saturated carbocycles. The molecule has 2 N–H and O–H groups in total. The van der Waals surface area contributed by atoms with Gasteiger partial charge in [0.15, 0.2) is 17.2 Å². The maximum absolute atomic E-state index is 11.7. The lowest BCUT2D eigenvalue weighted by Gasteiger charge is -2.18. The molecule has 4 rings (SSSR count). The van der Waals surface area contributed by atoms with Gasteiger partial charge in [-0.1, -0.05) is 56.3 Å². The average Bonchev–Trinajstić information content (AvgIpc) is 3.05. The lowest BCUT2D eigenvalue weighted by Crippen LogP contribution is -2.34. The highest BCUT2D eigenvalue weighted by atomic mass is 16.4. The van der Waals surface area contributed by atoms with Crippen molar-refractivity contribution in [2.24, 2.45) is 5.92 Å². The Morgan fingerprint density at radius 3 is 2.44 bits per heavy atom. The third kappa shape index (κ3) is 3.10. The molecule has 6 heteroatoms. The lowest BCUT2D eigenvalue weighted by molar-refractivity contribution is -0.138. The number of benzene rings is 2. The van der Waals surface area contributed by atoms with Crippen LogP contribution < -0.4 is 5.32 Å². The third-order valence-corrected chi connectivity index (χ3v) is 4.48. The zero-order valence-corrected chi connectivity index (χ0v) is 15.0. The van der Waals surface area contributed by atoms with Crippen molar-refractivity contribution in [3.05, 3.63) is 54.6 Å². The van der Waals surface area contributed by atoms with Gasteiger partial charge >= 0.3 is 5.97 Å². The normalized spacial score (nSPS) is 12.6. The largest absolute Gasteiger partial charge is 0.480 e. The number of aliphatic carboxylic acids is 1. The molecule has 1 atom stereocenters. The number of hydrogen-bond acceptors (Lipinski definition) is 5. The summed E-state index contributed by atoms with van der Waals surface area (Å²) >= 11 is 0. The van der Waals surface area contributed by atoms with Crippen LogP contribution in [-0.4, -0.2) is 27.1 Å². The molecule has 2 heterocycles. The predicted octanol–water partition coefficient (Wildman–Crippen LogP) is 4.56. The van der Waals surface area contributed by atoms with Gasteiger partial charge in [0, 0.05) is 10.9 Å². The van der Waals surface area contributed by atoms with Crippen LogP contribution in [0.5, 0.6) is 0 Å². The Kier molecular flexibility index (Phi) is 4.24. The molecule has 0 radical (unpaired) electrons. The maximum atomic E-state index is 11.7. The number of nitrogens with one attached hydrogen (secondary N) is 1. The van der Waals surface area contributed by atoms with Gasteiger partial charge in [0.25, 0.3) is 0 Å². The fraction of sp³-hybridized carbons (Fsp3) is 0.190. The fourth-order valence-electron chi connectivity index (χ4n) is 3.07. The van der Waals surface area contributed by atoms with Gasteiger partial charge in [-0.05, 0) is 18.1 Å². The first-order valence-corrected chi connectivity index (χ1v) is 8.78. The molecule has 0 spiro atoms. The molecule has 0 amide bonds. The number of aromatic nitrogens is 2. The second-order valence-electron chi connectivity index (χ2n) is 6.74. The average molecular weight is 361 g/mol. The second-order valence-corrected chi connectivity index (χ2v) is 6.74. The molecule has 27 heavy (non-hydrogen) atoms. The van der Waals surface area contributed by atoms with Crippen molar-refractivity contribution < 1.29 is 14.3 Å². The number of anilines is 1. The van der Waals surface area contributed by atoms with Crippen LogP contribution >= 0.6 is 0 Å². The van der Waals surface area contributed by atoms with Crippen LogP contribution in [0.1, 0.15) is 13.8 Å². The van der Waals surface area contributed by atoms with E-state index in [2.05, 4.69) is 10.3 Å². The first kappa shape index (κ1) is 17.0. The Bertz CT molecular complexity index is 1120. The number of para-hydroxylation sites is 1. The molecule has 2 aromatic carbocycles. The molecule has 4 aromatic rings. The van der Waals surface area contributed by atoms with E-state index in [-0.39, 0.29) is 5.92 Å². The first-order chi connectivity index (χ1) is 13.0. The quantitative estimate of drug-likeness (QED) is 0.541. The minimum Gasteiger partial charge on any atom is -0.480 e. The van der Waals surface area contributed by atoms with E-state index in [1.807, 2.05) is 68.4 Å². The Morgan fingerprint density at radius 1 is 1.04 bits per heavy atom. The van der Waals surface area contributed by atoms with Crippen LogP contribution in [0.25, 0.3) is 33.5 Å². The van der Waals surface area contributed by atoms with Gasteiger partial charge in [-0.2, -0.15) is 0 Å². The van der Waals surface area contributed by atoms with Crippen LogP contribution in [0, 0.1) is 5.92 Å². The standard InChI is InChI=1S/C21H19N3O3/c1-12(2)16(21(25)26)22-20-18-17(14-10-6-7-11-15(14)27-18)23-19(24-20)13-8-4-3-5-9-13/h3-12,16H,1-2H3,(H,25,26)(H,22,23,24). The molecule has 0 aliphatic heterocycles. The van der Waals surface area contributed by atoms with Crippen LogP contribution in [0.4, 0.5) is 5.82 Å². The zero-order valence-electron chi connectivity index (χ0n) is 15.0. The van der Waals surface area contributed by atoms with E-state index in [4.69, 9.17) is 9.40 Å². The molecule has 2 aromatic heterocycles. The van der Waals surface area contributed by atoms with E-state index in [0.29, 0.717) is 28.3 Å². The topological polar surface area (TPSA) is 88.3 Å². The molecular weight excluding hydrogens is 342 g/mol. The summed E-state index contributed by atoms with van der Waals surface area (Å²) in [5, 5.41) is 13.5. The van der Waals surface area contributed by atoms with Crippen molar-refractivity contribution in [3.8, 4) is 11.4 Å². The number of carboxylic acid groups (broad SMARTS) is 1. The van der Waals surface area contributed by atoms with E-state index < -0.39 is 12.0 Å². The molecule has 1 unspecified atom stereocenters. The van der Waals surface area contributed by atoms with E-state index in [1.54, 1.807) is 0 Å². The number of hydrogen-bond donors (Lipinski definition) is 2. The van der Waals surface area contributed by atoms with Crippen molar-refractivity contribution in [2.45, 2.75) is 19.9 Å². The minimum atomic E-state index is -0.936. The highest BCUT2D eigenvalue weighted by molar-refractivity contribution is 6.06. The van der Waals surface area contributed by atoms with Crippen molar-refractivity contribution in [3.63, 3.8) is 0 Å². The Morgan fingerprint density at radius 2 is 1.74 bits per heavy atom. The third-order valence-electron chi connectivity index (χ3n) is 4.48. The molecule has 0 saturated heterocycles. The summed E-state index contributed by atoms with van der Waals surface area (Å²) in [6, 6.07) is 16.4. The number of carbonyl (C=O) groups is 1. The van der Waals surface area contributed by atoms with E-state index in [0.717, 1.165) is 10.9 Å². The molecule has 0 fully saturated rings. The Labute approximate surface area is 155 Å². The van der Waals surface area contributed by atoms with E-state index >= 15 is 0 Å². The summed E-state index contributed by atoms with van der Waals surface area (Å²) in [6.45, 7) is 3.70. The van der Waals surface area contributed by atoms with Crippen LogP contribution in [-0.2, 0) is 4.79 Å². The van der Waals surface area contributed by atoms with Crippen molar-refractivity contribution in [2.75, 3.05) is 5.32 Å². The number of fused-ring (bicyclic) bond motifs is 3. The van der Waals surface area contributed by atoms with Gasteiger partial charge in [-0.3, -0.25) is 0 Å². The summed E-state index contributed by atoms with van der Waals surface area (Å²) in [4.78, 5) is 21.0.